The lowest BCUT2D eigenvalue weighted by molar-refractivity contribution is -0.135. The second-order valence-electron chi connectivity index (χ2n) is 5.59. The molecule has 1 aliphatic heterocycles. The minimum atomic E-state index is -0.185. The summed E-state index contributed by atoms with van der Waals surface area (Å²) in [6.45, 7) is 12.0. The topological polar surface area (TPSA) is 40.6 Å². The summed E-state index contributed by atoms with van der Waals surface area (Å²) < 4.78 is 0. The van der Waals surface area contributed by atoms with Gasteiger partial charge in [0.25, 0.3) is 0 Å². The van der Waals surface area contributed by atoms with Crippen molar-refractivity contribution < 1.29 is 9.59 Å². The van der Waals surface area contributed by atoms with Crippen LogP contribution in [0.2, 0.25) is 0 Å². The normalized spacial score (nSPS) is 20.9. The van der Waals surface area contributed by atoms with E-state index >= 15 is 0 Å². The van der Waals surface area contributed by atoms with Crippen LogP contribution < -0.4 is 0 Å². The number of rotatable bonds is 3. The van der Waals surface area contributed by atoms with Gasteiger partial charge in [-0.05, 0) is 34.6 Å². The van der Waals surface area contributed by atoms with Gasteiger partial charge < -0.3 is 9.80 Å². The van der Waals surface area contributed by atoms with Crippen LogP contribution in [0.25, 0.3) is 0 Å². The van der Waals surface area contributed by atoms with Crippen LogP contribution in [0, 0.1) is 5.92 Å². The van der Waals surface area contributed by atoms with E-state index in [9.17, 15) is 9.59 Å². The van der Waals surface area contributed by atoms with Crippen LogP contribution in [-0.2, 0) is 9.59 Å². The number of nitrogens with zero attached hydrogens (tertiary/aromatic N) is 2. The Morgan fingerprint density at radius 3 is 2.24 bits per heavy atom. The number of amides is 2. The summed E-state index contributed by atoms with van der Waals surface area (Å²) in [6.07, 6.45) is 0.368. The first-order valence-electron chi connectivity index (χ1n) is 6.40. The number of hydrogen-bond donors (Lipinski definition) is 0. The smallest absolute Gasteiger partial charge is 0.227 e. The molecule has 0 aromatic carbocycles. The maximum atomic E-state index is 12.2. The Morgan fingerprint density at radius 1 is 1.35 bits per heavy atom. The van der Waals surface area contributed by atoms with Crippen molar-refractivity contribution in [1.29, 1.82) is 0 Å². The summed E-state index contributed by atoms with van der Waals surface area (Å²) in [4.78, 5) is 27.7. The first-order chi connectivity index (χ1) is 7.81. The van der Waals surface area contributed by atoms with Gasteiger partial charge in [0.1, 0.15) is 0 Å². The quantitative estimate of drug-likeness (QED) is 0.750. The molecule has 1 saturated heterocycles. The molecule has 1 atom stereocenters. The molecular weight excluding hydrogens is 216 g/mol. The van der Waals surface area contributed by atoms with Gasteiger partial charge in [0.05, 0.1) is 5.92 Å². The van der Waals surface area contributed by atoms with E-state index in [4.69, 9.17) is 0 Å². The molecular formula is C13H24N2O2. The fourth-order valence-electron chi connectivity index (χ4n) is 2.31. The van der Waals surface area contributed by atoms with Gasteiger partial charge in [-0.3, -0.25) is 9.59 Å². The van der Waals surface area contributed by atoms with E-state index in [-0.39, 0.29) is 23.3 Å². The highest BCUT2D eigenvalue weighted by Gasteiger charge is 2.40. The molecule has 2 amide bonds. The first-order valence-corrected chi connectivity index (χ1v) is 6.40. The molecule has 98 valence electrons. The van der Waals surface area contributed by atoms with Crippen molar-refractivity contribution in [3.05, 3.63) is 0 Å². The maximum Gasteiger partial charge on any atom is 0.227 e. The van der Waals surface area contributed by atoms with Crippen LogP contribution in [0.5, 0.6) is 0 Å². The van der Waals surface area contributed by atoms with Crippen molar-refractivity contribution in [3.8, 4) is 0 Å². The lowest BCUT2D eigenvalue weighted by Crippen LogP contribution is -2.43. The number of carbonyl (C=O) groups is 2. The van der Waals surface area contributed by atoms with Gasteiger partial charge in [0, 0.05) is 31.6 Å². The minimum absolute atomic E-state index is 0.100. The Kier molecular flexibility index (Phi) is 4.17. The third kappa shape index (κ3) is 2.99. The van der Waals surface area contributed by atoms with Crippen molar-refractivity contribution in [1.82, 2.24) is 9.80 Å². The van der Waals surface area contributed by atoms with E-state index in [2.05, 4.69) is 0 Å². The van der Waals surface area contributed by atoms with Crippen LogP contribution in [0.15, 0.2) is 0 Å². The van der Waals surface area contributed by atoms with Crippen molar-refractivity contribution >= 4 is 11.8 Å². The Labute approximate surface area is 104 Å². The highest BCUT2D eigenvalue weighted by atomic mass is 16.2. The number of likely N-dealkylation sites (tertiary alicyclic amines) is 1. The highest BCUT2D eigenvalue weighted by molar-refractivity contribution is 5.89. The van der Waals surface area contributed by atoms with Crippen molar-refractivity contribution in [2.45, 2.75) is 46.6 Å². The molecule has 0 unspecified atom stereocenters. The minimum Gasteiger partial charge on any atom is -0.343 e. The molecule has 17 heavy (non-hydrogen) atoms. The molecule has 4 nitrogen and oxygen atoms in total. The monoisotopic (exact) mass is 240 g/mol. The van der Waals surface area contributed by atoms with Crippen LogP contribution in [-0.4, -0.2) is 46.8 Å². The molecule has 0 bridgehead atoms. The van der Waals surface area contributed by atoms with Gasteiger partial charge in [-0.1, -0.05) is 0 Å². The zero-order chi connectivity index (χ0) is 13.2. The zero-order valence-electron chi connectivity index (χ0n) is 11.6. The van der Waals surface area contributed by atoms with Gasteiger partial charge in [-0.2, -0.15) is 0 Å². The van der Waals surface area contributed by atoms with Crippen molar-refractivity contribution in [2.75, 3.05) is 19.6 Å². The Morgan fingerprint density at radius 2 is 1.88 bits per heavy atom. The predicted octanol–water partition coefficient (Wildman–Crippen LogP) is 1.50. The molecule has 0 radical (unpaired) electrons. The molecule has 0 spiro atoms. The molecule has 0 aromatic rings. The highest BCUT2D eigenvalue weighted by Crippen LogP contribution is 2.26. The van der Waals surface area contributed by atoms with E-state index in [0.717, 1.165) is 13.1 Å². The van der Waals surface area contributed by atoms with Crippen LogP contribution in [0.1, 0.15) is 41.0 Å². The number of carbonyl (C=O) groups excluding carboxylic acids is 2. The Hall–Kier alpha value is -1.06. The van der Waals surface area contributed by atoms with E-state index in [1.807, 2.05) is 44.4 Å². The fourth-order valence-corrected chi connectivity index (χ4v) is 2.31. The average Bonchev–Trinajstić information content (AvgIpc) is 2.61. The number of hydrogen-bond acceptors (Lipinski definition) is 2. The van der Waals surface area contributed by atoms with Crippen LogP contribution in [0.4, 0.5) is 0 Å². The molecule has 1 fully saturated rings. The van der Waals surface area contributed by atoms with Crippen molar-refractivity contribution in [3.63, 3.8) is 0 Å². The predicted molar refractivity (Wildman–Crippen MR) is 67.5 cm³/mol. The molecule has 1 aliphatic rings. The summed E-state index contributed by atoms with van der Waals surface area (Å²) in [7, 11) is 0. The summed E-state index contributed by atoms with van der Waals surface area (Å²) in [5.41, 5.74) is -0.185. The summed E-state index contributed by atoms with van der Waals surface area (Å²) in [5.74, 6) is 0.0692. The standard InChI is InChI=1S/C13H24N2O2/c1-6-14(7-2)12(17)10-8-11(16)15(9-10)13(3,4)5/h10H,6-9H2,1-5H3/t10-/m0/s1. The summed E-state index contributed by atoms with van der Waals surface area (Å²) >= 11 is 0. The first kappa shape index (κ1) is 14.0. The molecule has 0 N–H and O–H groups in total. The lowest BCUT2D eigenvalue weighted by atomic mass is 10.1. The second-order valence-corrected chi connectivity index (χ2v) is 5.59. The Bertz CT molecular complexity index is 303. The average molecular weight is 240 g/mol. The molecule has 0 saturated carbocycles. The van der Waals surface area contributed by atoms with E-state index < -0.39 is 0 Å². The van der Waals surface area contributed by atoms with Crippen LogP contribution >= 0.6 is 0 Å². The van der Waals surface area contributed by atoms with E-state index in [1.165, 1.54) is 0 Å². The van der Waals surface area contributed by atoms with E-state index in [0.29, 0.717) is 13.0 Å². The molecule has 1 heterocycles. The van der Waals surface area contributed by atoms with Gasteiger partial charge in [-0.15, -0.1) is 0 Å². The lowest BCUT2D eigenvalue weighted by Gasteiger charge is -2.32. The molecule has 4 heteroatoms. The zero-order valence-corrected chi connectivity index (χ0v) is 11.6. The van der Waals surface area contributed by atoms with Crippen molar-refractivity contribution in [2.24, 2.45) is 5.92 Å². The van der Waals surface area contributed by atoms with Gasteiger partial charge >= 0.3 is 0 Å². The molecule has 1 rings (SSSR count). The Balaban J connectivity index is 2.72. The third-order valence-corrected chi connectivity index (χ3v) is 3.36. The van der Waals surface area contributed by atoms with E-state index in [1.54, 1.807) is 0 Å². The largest absolute Gasteiger partial charge is 0.343 e. The van der Waals surface area contributed by atoms with Gasteiger partial charge in [0.2, 0.25) is 11.8 Å². The maximum absolute atomic E-state index is 12.2. The third-order valence-electron chi connectivity index (χ3n) is 3.36. The van der Waals surface area contributed by atoms with Gasteiger partial charge in [0.15, 0.2) is 0 Å². The van der Waals surface area contributed by atoms with Gasteiger partial charge in [-0.25, -0.2) is 0 Å². The summed E-state index contributed by atoms with van der Waals surface area (Å²) in [6, 6.07) is 0. The summed E-state index contributed by atoms with van der Waals surface area (Å²) in [5, 5.41) is 0. The van der Waals surface area contributed by atoms with Crippen LogP contribution in [0.3, 0.4) is 0 Å². The molecule has 0 aliphatic carbocycles. The molecule has 0 aromatic heterocycles. The second kappa shape index (κ2) is 5.07. The SMILES string of the molecule is CCN(CC)C(=O)[C@H]1CC(=O)N(C(C)(C)C)C1. The fraction of sp³-hybridized carbons (Fsp3) is 0.846.